The minimum absolute atomic E-state index is 0.253. The molecular weight excluding hydrogens is 452 g/mol. The van der Waals surface area contributed by atoms with Crippen molar-refractivity contribution < 1.29 is 14.3 Å². The molecule has 36 heavy (non-hydrogen) atoms. The summed E-state index contributed by atoms with van der Waals surface area (Å²) in [5.41, 5.74) is 6.75. The predicted octanol–water partition coefficient (Wildman–Crippen LogP) is 6.22. The van der Waals surface area contributed by atoms with Gasteiger partial charge in [0.1, 0.15) is 17.3 Å². The summed E-state index contributed by atoms with van der Waals surface area (Å²) in [5.74, 6) is 1.65. The summed E-state index contributed by atoms with van der Waals surface area (Å²) in [4.78, 5) is 29.2. The summed E-state index contributed by atoms with van der Waals surface area (Å²) in [7, 11) is 0. The number of benzene rings is 2. The molecule has 0 N–H and O–H groups in total. The minimum atomic E-state index is 0.253. The number of hydrogen-bond donors (Lipinski definition) is 0. The van der Waals surface area contributed by atoms with Crippen molar-refractivity contribution in [3.05, 3.63) is 94.6 Å². The molecule has 0 fully saturated rings. The Balaban J connectivity index is 1.33. The van der Waals surface area contributed by atoms with Crippen molar-refractivity contribution in [3.63, 3.8) is 0 Å². The summed E-state index contributed by atoms with van der Waals surface area (Å²) in [5, 5.41) is 0. The number of rotatable bonds is 10. The number of nitrogens with zero attached hydrogens (tertiary/aromatic N) is 4. The second kappa shape index (κ2) is 11.5. The highest BCUT2D eigenvalue weighted by atomic mass is 16.5. The fraction of sp³-hybridized carbons (Fsp3) is 0.276. The van der Waals surface area contributed by atoms with Gasteiger partial charge in [0.2, 0.25) is 0 Å². The first-order chi connectivity index (χ1) is 17.4. The summed E-state index contributed by atoms with van der Waals surface area (Å²) in [6.45, 7) is 8.18. The van der Waals surface area contributed by atoms with Gasteiger partial charge in [-0.25, -0.2) is 19.9 Å². The van der Waals surface area contributed by atoms with Crippen LogP contribution in [0.25, 0.3) is 0 Å². The third-order valence-electron chi connectivity index (χ3n) is 6.15. The Morgan fingerprint density at radius 2 is 0.944 bits per heavy atom. The fourth-order valence-corrected chi connectivity index (χ4v) is 4.35. The molecule has 7 heteroatoms. The standard InChI is InChI=1S/C29H30N4O3/c1-19-15-24(35-28-30-11-5-12-31-28)16-20(2)26(19)9-7-23(34)8-10-27-21(3)17-25(18-22(27)4)36-29-32-13-6-14-33-29/h5-6,11-18H,7-10H2,1-4H3. The molecule has 0 amide bonds. The monoisotopic (exact) mass is 482 g/mol. The Hall–Kier alpha value is -4.13. The second-order valence-electron chi connectivity index (χ2n) is 8.88. The van der Waals surface area contributed by atoms with Gasteiger partial charge >= 0.3 is 12.0 Å². The quantitative estimate of drug-likeness (QED) is 0.265. The van der Waals surface area contributed by atoms with Crippen LogP contribution in [-0.2, 0) is 17.6 Å². The predicted molar refractivity (Wildman–Crippen MR) is 138 cm³/mol. The first-order valence-electron chi connectivity index (χ1n) is 12.0. The Morgan fingerprint density at radius 3 is 1.28 bits per heavy atom. The van der Waals surface area contributed by atoms with E-state index in [0.29, 0.717) is 49.2 Å². The van der Waals surface area contributed by atoms with Crippen LogP contribution in [0.2, 0.25) is 0 Å². The van der Waals surface area contributed by atoms with Crippen molar-refractivity contribution in [1.82, 2.24) is 19.9 Å². The van der Waals surface area contributed by atoms with Crippen LogP contribution >= 0.6 is 0 Å². The number of ketones is 1. The Morgan fingerprint density at radius 1 is 0.611 bits per heavy atom. The topological polar surface area (TPSA) is 87.1 Å². The average molecular weight is 483 g/mol. The largest absolute Gasteiger partial charge is 0.424 e. The number of aryl methyl sites for hydroxylation is 4. The highest BCUT2D eigenvalue weighted by Crippen LogP contribution is 2.27. The maximum Gasteiger partial charge on any atom is 0.321 e. The van der Waals surface area contributed by atoms with Gasteiger partial charge in [0, 0.05) is 37.6 Å². The van der Waals surface area contributed by atoms with Crippen LogP contribution in [0.4, 0.5) is 0 Å². The zero-order valence-electron chi connectivity index (χ0n) is 21.1. The van der Waals surface area contributed by atoms with Crippen LogP contribution in [0.1, 0.15) is 46.2 Å². The lowest BCUT2D eigenvalue weighted by Gasteiger charge is -2.14. The first kappa shape index (κ1) is 25.0. The van der Waals surface area contributed by atoms with Gasteiger partial charge in [-0.2, -0.15) is 0 Å². The number of carbonyl (C=O) groups excluding carboxylic acids is 1. The maximum atomic E-state index is 12.8. The SMILES string of the molecule is Cc1cc(Oc2ncccn2)cc(C)c1CCC(=O)CCc1c(C)cc(Oc2ncccn2)cc1C. The van der Waals surface area contributed by atoms with E-state index >= 15 is 0 Å². The van der Waals surface area contributed by atoms with Crippen LogP contribution in [0.5, 0.6) is 23.5 Å². The van der Waals surface area contributed by atoms with Crippen LogP contribution in [0.15, 0.2) is 61.2 Å². The van der Waals surface area contributed by atoms with E-state index in [1.165, 1.54) is 11.1 Å². The van der Waals surface area contributed by atoms with Gasteiger partial charge in [-0.05, 0) is 110 Å². The lowest BCUT2D eigenvalue weighted by atomic mass is 9.94. The number of carbonyl (C=O) groups is 1. The molecule has 0 spiro atoms. The summed E-state index contributed by atoms with van der Waals surface area (Å²) in [6.07, 6.45) is 9.02. The van der Waals surface area contributed by atoms with Gasteiger partial charge in [-0.1, -0.05) is 0 Å². The third kappa shape index (κ3) is 6.50. The van der Waals surface area contributed by atoms with E-state index in [0.717, 1.165) is 22.3 Å². The van der Waals surface area contributed by atoms with E-state index in [2.05, 4.69) is 19.9 Å². The highest BCUT2D eigenvalue weighted by molar-refractivity contribution is 5.79. The number of ether oxygens (including phenoxy) is 2. The zero-order chi connectivity index (χ0) is 25.5. The van der Waals surface area contributed by atoms with Gasteiger partial charge in [-0.15, -0.1) is 0 Å². The summed E-state index contributed by atoms with van der Waals surface area (Å²) < 4.78 is 11.5. The molecule has 184 valence electrons. The lowest BCUT2D eigenvalue weighted by Crippen LogP contribution is -2.06. The first-order valence-corrected chi connectivity index (χ1v) is 12.0. The number of aromatic nitrogens is 4. The zero-order valence-corrected chi connectivity index (χ0v) is 21.1. The molecule has 2 aromatic carbocycles. The van der Waals surface area contributed by atoms with Crippen molar-refractivity contribution in [3.8, 4) is 23.5 Å². The fourth-order valence-electron chi connectivity index (χ4n) is 4.35. The number of Topliss-reactive ketones (excluding diaryl/α,β-unsaturated/α-hetero) is 1. The van der Waals surface area contributed by atoms with Crippen molar-refractivity contribution in [2.45, 2.75) is 53.4 Å². The van der Waals surface area contributed by atoms with Crippen LogP contribution < -0.4 is 9.47 Å². The van der Waals surface area contributed by atoms with Crippen LogP contribution in [-0.4, -0.2) is 25.7 Å². The van der Waals surface area contributed by atoms with E-state index < -0.39 is 0 Å². The van der Waals surface area contributed by atoms with E-state index in [9.17, 15) is 4.79 Å². The molecule has 0 saturated carbocycles. The molecule has 0 aliphatic heterocycles. The molecule has 4 rings (SSSR count). The van der Waals surface area contributed by atoms with Crippen molar-refractivity contribution in [1.29, 1.82) is 0 Å². The average Bonchev–Trinajstić information content (AvgIpc) is 2.84. The smallest absolute Gasteiger partial charge is 0.321 e. The third-order valence-corrected chi connectivity index (χ3v) is 6.15. The molecule has 2 heterocycles. The Bertz CT molecular complexity index is 1190. The van der Waals surface area contributed by atoms with Crippen molar-refractivity contribution >= 4 is 5.78 Å². The van der Waals surface area contributed by atoms with Gasteiger partial charge < -0.3 is 9.47 Å². The molecular formula is C29H30N4O3. The second-order valence-corrected chi connectivity index (χ2v) is 8.88. The van der Waals surface area contributed by atoms with E-state index in [-0.39, 0.29) is 5.78 Å². The van der Waals surface area contributed by atoms with Gasteiger partial charge in [0.15, 0.2) is 0 Å². The Labute approximate surface area is 211 Å². The maximum absolute atomic E-state index is 12.8. The van der Waals surface area contributed by atoms with Crippen LogP contribution in [0.3, 0.4) is 0 Å². The summed E-state index contributed by atoms with van der Waals surface area (Å²) in [6, 6.07) is 12.0. The van der Waals surface area contributed by atoms with Gasteiger partial charge in [0.05, 0.1) is 0 Å². The molecule has 0 aliphatic rings. The van der Waals surface area contributed by atoms with E-state index in [1.54, 1.807) is 36.9 Å². The molecule has 0 atom stereocenters. The molecule has 4 aromatic rings. The molecule has 7 nitrogen and oxygen atoms in total. The summed E-state index contributed by atoms with van der Waals surface area (Å²) >= 11 is 0. The minimum Gasteiger partial charge on any atom is -0.424 e. The van der Waals surface area contributed by atoms with Crippen LogP contribution in [0, 0.1) is 27.7 Å². The molecule has 2 aromatic heterocycles. The van der Waals surface area contributed by atoms with Gasteiger partial charge in [0.25, 0.3) is 0 Å². The lowest BCUT2D eigenvalue weighted by molar-refractivity contribution is -0.119. The molecule has 0 bridgehead atoms. The van der Waals surface area contributed by atoms with Gasteiger partial charge in [-0.3, -0.25) is 4.79 Å². The molecule has 0 saturated heterocycles. The van der Waals surface area contributed by atoms with E-state index in [4.69, 9.17) is 9.47 Å². The molecule has 0 aliphatic carbocycles. The van der Waals surface area contributed by atoms with Crippen molar-refractivity contribution in [2.75, 3.05) is 0 Å². The van der Waals surface area contributed by atoms with E-state index in [1.807, 2.05) is 52.0 Å². The highest BCUT2D eigenvalue weighted by Gasteiger charge is 2.13. The van der Waals surface area contributed by atoms with Crippen molar-refractivity contribution in [2.24, 2.45) is 0 Å². The Kier molecular flexibility index (Phi) is 8.00. The molecule has 0 unspecified atom stereocenters. The molecule has 0 radical (unpaired) electrons. The number of hydrogen-bond acceptors (Lipinski definition) is 7. The normalized spacial score (nSPS) is 10.8.